The number of aromatic nitrogens is 3. The minimum Gasteiger partial charge on any atom is -0.444 e. The summed E-state index contributed by atoms with van der Waals surface area (Å²) in [6.45, 7) is 0.171. The molecular formula is C35H24N4O4S3. The lowest BCUT2D eigenvalue weighted by molar-refractivity contribution is -0.134. The van der Waals surface area contributed by atoms with Gasteiger partial charge in [0.15, 0.2) is 0 Å². The average molecular weight is 661 g/mol. The summed E-state index contributed by atoms with van der Waals surface area (Å²) in [4.78, 5) is 45.1. The predicted molar refractivity (Wildman–Crippen MR) is 184 cm³/mol. The van der Waals surface area contributed by atoms with E-state index in [9.17, 15) is 14.4 Å². The fraction of sp³-hybridized carbons (Fsp3) is 0.200. The van der Waals surface area contributed by atoms with Crippen molar-refractivity contribution in [3.63, 3.8) is 0 Å². The van der Waals surface area contributed by atoms with Crippen LogP contribution in [0.25, 0.3) is 52.0 Å². The summed E-state index contributed by atoms with van der Waals surface area (Å²) in [5.41, 5.74) is 5.63. The standard InChI is InChI=1S/C35H24N4O4S3/c40-31-20-11-5-4-10-19(20)28(32(31)41)36-23-15-14-21(27-29(23)38-46-37-27)26-16-24-33(45-26)34-30(22-12-6-7-13-25(22)44-34)39(24)35(42)43-17-18-8-2-1-3-9-18/h1-3,6-9,12-16,19-20H,4-5,10-11,17H2. The van der Waals surface area contributed by atoms with Gasteiger partial charge in [-0.3, -0.25) is 9.59 Å². The zero-order valence-corrected chi connectivity index (χ0v) is 26.7. The van der Waals surface area contributed by atoms with E-state index in [4.69, 9.17) is 9.73 Å². The monoisotopic (exact) mass is 660 g/mol. The molecule has 11 heteroatoms. The van der Waals surface area contributed by atoms with Gasteiger partial charge in [-0.2, -0.15) is 8.75 Å². The van der Waals surface area contributed by atoms with Gasteiger partial charge >= 0.3 is 6.09 Å². The summed E-state index contributed by atoms with van der Waals surface area (Å²) in [5, 5.41) is 1.01. The van der Waals surface area contributed by atoms with Gasteiger partial charge in [0, 0.05) is 32.4 Å². The van der Waals surface area contributed by atoms with E-state index < -0.39 is 11.9 Å². The molecule has 226 valence electrons. The fourth-order valence-electron chi connectivity index (χ4n) is 6.99. The van der Waals surface area contributed by atoms with E-state index in [0.717, 1.165) is 83.9 Å². The van der Waals surface area contributed by atoms with E-state index in [0.29, 0.717) is 22.4 Å². The minimum absolute atomic E-state index is 0.113. The molecule has 0 saturated heterocycles. The molecule has 4 aromatic heterocycles. The average Bonchev–Trinajstić information content (AvgIpc) is 3.90. The number of ether oxygens (including phenoxy) is 1. The van der Waals surface area contributed by atoms with Crippen LogP contribution in [0.1, 0.15) is 31.2 Å². The van der Waals surface area contributed by atoms with Crippen molar-refractivity contribution < 1.29 is 19.1 Å². The Labute approximate surface area is 274 Å². The second-order valence-corrected chi connectivity index (χ2v) is 14.4. The van der Waals surface area contributed by atoms with Crippen LogP contribution in [-0.4, -0.2) is 36.7 Å². The molecule has 7 aromatic rings. The van der Waals surface area contributed by atoms with E-state index in [1.165, 1.54) is 0 Å². The smallest absolute Gasteiger partial charge is 0.419 e. The summed E-state index contributed by atoms with van der Waals surface area (Å²) in [5.74, 6) is -1.10. The van der Waals surface area contributed by atoms with Gasteiger partial charge in [-0.05, 0) is 42.7 Å². The van der Waals surface area contributed by atoms with E-state index >= 15 is 0 Å². The normalized spacial score (nSPS) is 19.3. The maximum atomic E-state index is 13.8. The Bertz CT molecular complexity index is 2420. The van der Waals surface area contributed by atoms with E-state index in [1.807, 2.05) is 66.7 Å². The third-order valence-electron chi connectivity index (χ3n) is 9.15. The molecule has 2 aliphatic carbocycles. The zero-order chi connectivity index (χ0) is 30.9. The van der Waals surface area contributed by atoms with Crippen LogP contribution >= 0.6 is 34.4 Å². The molecule has 0 aliphatic heterocycles. The van der Waals surface area contributed by atoms with E-state index in [-0.39, 0.29) is 24.2 Å². The van der Waals surface area contributed by atoms with Gasteiger partial charge < -0.3 is 4.74 Å². The van der Waals surface area contributed by atoms with Gasteiger partial charge in [-0.25, -0.2) is 14.4 Å². The van der Waals surface area contributed by atoms with Crippen LogP contribution in [0.3, 0.4) is 0 Å². The van der Waals surface area contributed by atoms with Crippen molar-refractivity contribution in [2.75, 3.05) is 0 Å². The van der Waals surface area contributed by atoms with Crippen LogP contribution in [0, 0.1) is 11.8 Å². The fourth-order valence-corrected chi connectivity index (χ4v) is 10.1. The van der Waals surface area contributed by atoms with Crippen molar-refractivity contribution in [2.45, 2.75) is 32.3 Å². The van der Waals surface area contributed by atoms with Crippen molar-refractivity contribution in [2.24, 2.45) is 16.8 Å². The number of ketones is 2. The number of fused-ring (bicyclic) bond motifs is 7. The molecule has 2 unspecified atom stereocenters. The van der Waals surface area contributed by atoms with Crippen LogP contribution in [0.5, 0.6) is 0 Å². The molecule has 3 aromatic carbocycles. The third-order valence-corrected chi connectivity index (χ3v) is 12.2. The second kappa shape index (κ2) is 10.8. The van der Waals surface area contributed by atoms with Crippen molar-refractivity contribution in [3.05, 3.63) is 78.4 Å². The Balaban J connectivity index is 1.16. The van der Waals surface area contributed by atoms with Crippen molar-refractivity contribution in [1.29, 1.82) is 0 Å². The number of hydrogen-bond acceptors (Lipinski definition) is 10. The number of nitrogens with zero attached hydrogens (tertiary/aromatic N) is 4. The van der Waals surface area contributed by atoms with Gasteiger partial charge in [0.2, 0.25) is 11.6 Å². The molecule has 9 rings (SSSR count). The summed E-state index contributed by atoms with van der Waals surface area (Å²) in [6.07, 6.45) is 3.10. The SMILES string of the molecule is O=C1C(=O)C2CCCCC2C1=Nc1ccc(-c2cc3c(s2)c2sc4ccccc4c2n3C(=O)OCc2ccccc2)c2nsnc12. The molecule has 8 nitrogen and oxygen atoms in total. The molecule has 0 N–H and O–H groups in total. The highest BCUT2D eigenvalue weighted by molar-refractivity contribution is 7.32. The highest BCUT2D eigenvalue weighted by Crippen LogP contribution is 2.47. The number of rotatable bonds is 4. The lowest BCUT2D eigenvalue weighted by Gasteiger charge is -2.22. The van der Waals surface area contributed by atoms with Gasteiger partial charge in [0.25, 0.3) is 0 Å². The Morgan fingerprint density at radius 2 is 1.67 bits per heavy atom. The first kappa shape index (κ1) is 27.7. The maximum Gasteiger partial charge on any atom is 0.419 e. The van der Waals surface area contributed by atoms with Gasteiger partial charge in [0.1, 0.15) is 17.6 Å². The largest absolute Gasteiger partial charge is 0.444 e. The lowest BCUT2D eigenvalue weighted by Crippen LogP contribution is -2.21. The number of benzene rings is 3. The quantitative estimate of drug-likeness (QED) is 0.175. The minimum atomic E-state index is -0.453. The molecular weight excluding hydrogens is 637 g/mol. The van der Waals surface area contributed by atoms with Gasteiger partial charge in [-0.15, -0.1) is 22.7 Å². The van der Waals surface area contributed by atoms with Crippen molar-refractivity contribution in [3.8, 4) is 10.4 Å². The molecule has 2 aliphatic rings. The third kappa shape index (κ3) is 4.22. The number of thiophene rings is 2. The first-order valence-electron chi connectivity index (χ1n) is 15.2. The number of hydrogen-bond donors (Lipinski definition) is 0. The number of Topliss-reactive ketones (excluding diaryl/α,β-unsaturated/α-hetero) is 2. The van der Waals surface area contributed by atoms with E-state index in [2.05, 4.69) is 14.8 Å². The Kier molecular flexibility index (Phi) is 6.48. The van der Waals surface area contributed by atoms with Crippen LogP contribution in [0.15, 0.2) is 77.8 Å². The van der Waals surface area contributed by atoms with Crippen LogP contribution in [0.4, 0.5) is 10.5 Å². The Hall–Kier alpha value is -4.58. The Morgan fingerprint density at radius 3 is 2.54 bits per heavy atom. The molecule has 46 heavy (non-hydrogen) atoms. The van der Waals surface area contributed by atoms with Crippen LogP contribution < -0.4 is 0 Å². The molecule has 0 spiro atoms. The molecule has 0 radical (unpaired) electrons. The first-order chi connectivity index (χ1) is 22.6. The predicted octanol–water partition coefficient (Wildman–Crippen LogP) is 8.96. The molecule has 0 amide bonds. The van der Waals surface area contributed by atoms with Crippen molar-refractivity contribution >= 4 is 105 Å². The molecule has 2 atom stereocenters. The molecule has 0 bridgehead atoms. The summed E-state index contributed by atoms with van der Waals surface area (Å²) in [7, 11) is 0. The van der Waals surface area contributed by atoms with Gasteiger partial charge in [0.05, 0.1) is 43.6 Å². The number of aliphatic imine (C=N–C) groups is 1. The highest BCUT2D eigenvalue weighted by Gasteiger charge is 2.47. The Morgan fingerprint density at radius 1 is 0.891 bits per heavy atom. The first-order valence-corrected chi connectivity index (χ1v) is 17.5. The molecule has 2 fully saturated rings. The number of carbonyl (C=O) groups excluding carboxylic acids is 3. The summed E-state index contributed by atoms with van der Waals surface area (Å²) >= 11 is 4.36. The van der Waals surface area contributed by atoms with Gasteiger partial charge in [-0.1, -0.05) is 61.4 Å². The lowest BCUT2D eigenvalue weighted by atomic mass is 9.81. The molecule has 4 heterocycles. The topological polar surface area (TPSA) is 104 Å². The van der Waals surface area contributed by atoms with Crippen molar-refractivity contribution in [1.82, 2.24) is 13.3 Å². The highest BCUT2D eigenvalue weighted by atomic mass is 32.1. The maximum absolute atomic E-state index is 13.8. The van der Waals surface area contributed by atoms with E-state index in [1.54, 1.807) is 27.2 Å². The summed E-state index contributed by atoms with van der Waals surface area (Å²) in [6, 6.07) is 23.6. The zero-order valence-electron chi connectivity index (χ0n) is 24.3. The van der Waals surface area contributed by atoms with Crippen LogP contribution in [-0.2, 0) is 20.9 Å². The molecule has 2 saturated carbocycles. The van der Waals surface area contributed by atoms with Crippen LogP contribution in [0.2, 0.25) is 0 Å². The number of carbonyl (C=O) groups is 3. The second-order valence-electron chi connectivity index (χ2n) is 11.8. The summed E-state index contributed by atoms with van der Waals surface area (Å²) < 4.78 is 19.9.